The molecule has 0 aromatic heterocycles. The molecule has 1 N–H and O–H groups in total. The normalized spacial score (nSPS) is 39.7. The Hall–Kier alpha value is -0.600. The van der Waals surface area contributed by atoms with Gasteiger partial charge < -0.3 is 5.11 Å². The summed E-state index contributed by atoms with van der Waals surface area (Å²) in [5, 5.41) is 10.4. The molecule has 1 saturated carbocycles. The van der Waals surface area contributed by atoms with E-state index in [2.05, 4.69) is 13.0 Å². The Morgan fingerprint density at radius 3 is 2.88 bits per heavy atom. The first-order valence-electron chi connectivity index (χ1n) is 5.87. The van der Waals surface area contributed by atoms with E-state index in [1.165, 1.54) is 0 Å². The fraction of sp³-hybridized carbons (Fsp3) is 0.615. The monoisotopic (exact) mass is 240 g/mol. The molecule has 0 saturated heterocycles. The lowest BCUT2D eigenvalue weighted by Gasteiger charge is -2.34. The summed E-state index contributed by atoms with van der Waals surface area (Å²) in [6.45, 7) is 2.07. The molecule has 3 heteroatoms. The van der Waals surface area contributed by atoms with Gasteiger partial charge in [0.25, 0.3) is 0 Å². The van der Waals surface area contributed by atoms with Crippen molar-refractivity contribution in [3.63, 3.8) is 0 Å². The average molecular weight is 241 g/mol. The Morgan fingerprint density at radius 2 is 2.19 bits per heavy atom. The molecule has 1 fully saturated rings. The number of ketones is 1. The van der Waals surface area contributed by atoms with Crippen LogP contribution in [-0.2, 0) is 4.79 Å². The molecule has 2 nitrogen and oxygen atoms in total. The second kappa shape index (κ2) is 4.72. The van der Waals surface area contributed by atoms with Gasteiger partial charge >= 0.3 is 0 Å². The minimum absolute atomic E-state index is 0.0232. The number of hydrogen-bond acceptors (Lipinski definition) is 2. The van der Waals surface area contributed by atoms with Gasteiger partial charge in [-0.3, -0.25) is 4.79 Å². The van der Waals surface area contributed by atoms with Gasteiger partial charge in [-0.15, -0.1) is 0 Å². The zero-order chi connectivity index (χ0) is 11.7. The maximum atomic E-state index is 12.0. The van der Waals surface area contributed by atoms with Gasteiger partial charge in [0.2, 0.25) is 0 Å². The molecule has 16 heavy (non-hydrogen) atoms. The number of rotatable bonds is 1. The maximum Gasteiger partial charge on any atom is 0.164 e. The average Bonchev–Trinajstić information content (AvgIpc) is 2.24. The van der Waals surface area contributed by atoms with E-state index in [-0.39, 0.29) is 23.5 Å². The Kier molecular flexibility index (Phi) is 3.50. The maximum absolute atomic E-state index is 12.0. The summed E-state index contributed by atoms with van der Waals surface area (Å²) in [4.78, 5) is 12.0. The highest BCUT2D eigenvalue weighted by molar-refractivity contribution is 6.30. The van der Waals surface area contributed by atoms with Crippen molar-refractivity contribution in [1.82, 2.24) is 0 Å². The van der Waals surface area contributed by atoms with Crippen LogP contribution in [-0.4, -0.2) is 17.0 Å². The van der Waals surface area contributed by atoms with Gasteiger partial charge in [-0.05, 0) is 31.3 Å². The van der Waals surface area contributed by atoms with Crippen molar-refractivity contribution in [3.05, 3.63) is 23.3 Å². The number of Topliss-reactive ketones (excluding diaryl/α,β-unsaturated/α-hetero) is 1. The summed E-state index contributed by atoms with van der Waals surface area (Å²) in [5.41, 5.74) is 0. The lowest BCUT2D eigenvalue weighted by atomic mass is 9.71. The van der Waals surface area contributed by atoms with E-state index in [9.17, 15) is 9.90 Å². The topological polar surface area (TPSA) is 37.3 Å². The van der Waals surface area contributed by atoms with Crippen LogP contribution in [0.2, 0.25) is 0 Å². The van der Waals surface area contributed by atoms with Crippen molar-refractivity contribution in [3.8, 4) is 0 Å². The van der Waals surface area contributed by atoms with Gasteiger partial charge in [0, 0.05) is 16.9 Å². The zero-order valence-corrected chi connectivity index (χ0v) is 10.2. The smallest absolute Gasteiger partial charge is 0.164 e. The van der Waals surface area contributed by atoms with Gasteiger partial charge in [-0.1, -0.05) is 30.7 Å². The van der Waals surface area contributed by atoms with Crippen molar-refractivity contribution >= 4 is 17.4 Å². The molecule has 2 rings (SSSR count). The van der Waals surface area contributed by atoms with Crippen molar-refractivity contribution in [2.75, 3.05) is 0 Å². The molecule has 0 amide bonds. The number of hydrogen-bond donors (Lipinski definition) is 1. The van der Waals surface area contributed by atoms with E-state index < -0.39 is 6.10 Å². The van der Waals surface area contributed by atoms with E-state index in [0.29, 0.717) is 6.42 Å². The van der Waals surface area contributed by atoms with E-state index in [4.69, 9.17) is 11.6 Å². The Bertz CT molecular complexity index is 346. The highest BCUT2D eigenvalue weighted by Crippen LogP contribution is 2.40. The molecule has 2 aliphatic carbocycles. The minimum atomic E-state index is -0.777. The highest BCUT2D eigenvalue weighted by atomic mass is 35.5. The van der Waals surface area contributed by atoms with Crippen LogP contribution in [0.4, 0.5) is 0 Å². The molecule has 0 aromatic rings. The predicted molar refractivity (Wildman–Crippen MR) is 64.1 cm³/mol. The van der Waals surface area contributed by atoms with Crippen LogP contribution in [0.25, 0.3) is 0 Å². The largest absolute Gasteiger partial charge is 0.385 e. The summed E-state index contributed by atoms with van der Waals surface area (Å²) in [5.74, 6) is 0.211. The van der Waals surface area contributed by atoms with E-state index in [0.717, 1.165) is 17.9 Å². The van der Waals surface area contributed by atoms with Crippen LogP contribution in [0.15, 0.2) is 23.3 Å². The fourth-order valence-electron chi connectivity index (χ4n) is 2.78. The number of carbonyl (C=O) groups is 1. The lowest BCUT2D eigenvalue weighted by molar-refractivity contribution is -0.136. The predicted octanol–water partition coefficient (Wildman–Crippen LogP) is 2.66. The first kappa shape index (κ1) is 11.9. The number of halogens is 1. The molecule has 4 atom stereocenters. The van der Waals surface area contributed by atoms with E-state index >= 15 is 0 Å². The van der Waals surface area contributed by atoms with Crippen molar-refractivity contribution in [1.29, 1.82) is 0 Å². The molecule has 0 radical (unpaired) electrons. The minimum Gasteiger partial charge on any atom is -0.385 e. The summed E-state index contributed by atoms with van der Waals surface area (Å²) in [6, 6.07) is 0. The summed E-state index contributed by atoms with van der Waals surface area (Å²) in [7, 11) is 0. The van der Waals surface area contributed by atoms with Gasteiger partial charge in [0.1, 0.15) is 6.10 Å². The lowest BCUT2D eigenvalue weighted by Crippen LogP contribution is -2.39. The summed E-state index contributed by atoms with van der Waals surface area (Å²) < 4.78 is 0. The molecule has 2 unspecified atom stereocenters. The Labute approximate surface area is 101 Å². The Morgan fingerprint density at radius 1 is 1.44 bits per heavy atom. The number of aliphatic hydroxyl groups excluding tert-OH is 1. The zero-order valence-electron chi connectivity index (χ0n) is 9.40. The van der Waals surface area contributed by atoms with Gasteiger partial charge in [0.05, 0.1) is 0 Å². The van der Waals surface area contributed by atoms with E-state index in [1.54, 1.807) is 0 Å². The third kappa shape index (κ3) is 2.09. The number of carbonyl (C=O) groups excluding carboxylic acids is 1. The SMILES string of the molecule is CC1C=CC=C(Cl)C1[C@@H]1CCC[C@@H](O)C1=O. The van der Waals surface area contributed by atoms with Gasteiger partial charge in [-0.25, -0.2) is 0 Å². The van der Waals surface area contributed by atoms with Crippen molar-refractivity contribution in [2.45, 2.75) is 32.3 Å². The fourth-order valence-corrected chi connectivity index (χ4v) is 3.21. The van der Waals surface area contributed by atoms with Crippen LogP contribution < -0.4 is 0 Å². The van der Waals surface area contributed by atoms with E-state index in [1.807, 2.05) is 12.2 Å². The van der Waals surface area contributed by atoms with Gasteiger partial charge in [0.15, 0.2) is 5.78 Å². The van der Waals surface area contributed by atoms with Crippen LogP contribution in [0.1, 0.15) is 26.2 Å². The van der Waals surface area contributed by atoms with Crippen LogP contribution in [0.5, 0.6) is 0 Å². The number of allylic oxidation sites excluding steroid dienone is 4. The number of aliphatic hydroxyl groups is 1. The standard InChI is InChI=1S/C13H17ClO2/c1-8-4-2-6-10(14)12(8)9-5-3-7-11(15)13(9)16/h2,4,6,8-9,11-12,15H,3,5,7H2,1H3/t8?,9-,11+,12?/m0/s1. The first-order valence-corrected chi connectivity index (χ1v) is 6.24. The summed E-state index contributed by atoms with van der Waals surface area (Å²) >= 11 is 6.20. The van der Waals surface area contributed by atoms with Gasteiger partial charge in [-0.2, -0.15) is 0 Å². The molecule has 2 aliphatic rings. The highest BCUT2D eigenvalue weighted by Gasteiger charge is 2.39. The third-order valence-corrected chi connectivity index (χ3v) is 4.05. The third-order valence-electron chi connectivity index (χ3n) is 3.68. The molecule has 0 aromatic carbocycles. The molecular formula is C13H17ClO2. The van der Waals surface area contributed by atoms with Crippen LogP contribution in [0, 0.1) is 17.8 Å². The molecule has 88 valence electrons. The first-order chi connectivity index (χ1) is 7.61. The van der Waals surface area contributed by atoms with Crippen molar-refractivity contribution in [2.24, 2.45) is 17.8 Å². The molecule has 0 heterocycles. The molecule has 0 bridgehead atoms. The second-order valence-corrected chi connectivity index (χ2v) is 5.21. The molecule has 0 spiro atoms. The van der Waals surface area contributed by atoms with Crippen LogP contribution >= 0.6 is 11.6 Å². The summed E-state index contributed by atoms with van der Waals surface area (Å²) in [6.07, 6.45) is 7.46. The molecular weight excluding hydrogens is 224 g/mol. The quantitative estimate of drug-likeness (QED) is 0.765. The van der Waals surface area contributed by atoms with Crippen molar-refractivity contribution < 1.29 is 9.90 Å². The second-order valence-electron chi connectivity index (χ2n) is 4.78. The Balaban J connectivity index is 2.20. The molecule has 0 aliphatic heterocycles. The van der Waals surface area contributed by atoms with Crippen LogP contribution in [0.3, 0.4) is 0 Å².